The van der Waals surface area contributed by atoms with Crippen molar-refractivity contribution < 1.29 is 22.7 Å². The molecule has 5 aromatic rings. The minimum Gasteiger partial charge on any atom is -0.489 e. The lowest BCUT2D eigenvalue weighted by Gasteiger charge is -2.33. The average molecular weight is 697 g/mol. The van der Waals surface area contributed by atoms with Crippen molar-refractivity contribution in [2.24, 2.45) is 0 Å². The van der Waals surface area contributed by atoms with Crippen LogP contribution in [0.25, 0.3) is 6.08 Å². The number of nitrogens with zero attached hydrogens (tertiary/aromatic N) is 4. The molecule has 0 spiro atoms. The van der Waals surface area contributed by atoms with Gasteiger partial charge in [0.05, 0.1) is 12.1 Å². The van der Waals surface area contributed by atoms with E-state index in [4.69, 9.17) is 9.72 Å². The van der Waals surface area contributed by atoms with Crippen LogP contribution in [0.5, 0.6) is 5.75 Å². The third-order valence-electron chi connectivity index (χ3n) is 8.50. The number of benzene rings is 4. The molecule has 4 aromatic carbocycles. The number of carbonyl (C=O) groups is 1. The smallest absolute Gasteiger partial charge is 0.416 e. The van der Waals surface area contributed by atoms with Gasteiger partial charge in [-0.15, -0.1) is 11.3 Å². The second kappa shape index (κ2) is 16.8. The van der Waals surface area contributed by atoms with Gasteiger partial charge < -0.3 is 9.64 Å². The summed E-state index contributed by atoms with van der Waals surface area (Å²) >= 11 is 1.40. The highest BCUT2D eigenvalue weighted by Gasteiger charge is 2.30. The van der Waals surface area contributed by atoms with E-state index in [0.717, 1.165) is 53.1 Å². The SMILES string of the molecule is O=C(c1csc(CN(Cc2ccc(OCc3ccccc3)cc2)Cc2cccc(C(F)(F)F)c2)n1)N1CCN(CC=Cc2ccccc2)CC1. The predicted molar refractivity (Wildman–Crippen MR) is 192 cm³/mol. The van der Waals surface area contributed by atoms with E-state index in [1.165, 1.54) is 23.5 Å². The molecule has 0 saturated carbocycles. The zero-order valence-corrected chi connectivity index (χ0v) is 28.5. The molecule has 10 heteroatoms. The van der Waals surface area contributed by atoms with Crippen molar-refractivity contribution in [3.05, 3.63) is 159 Å². The van der Waals surface area contributed by atoms with Gasteiger partial charge >= 0.3 is 6.18 Å². The normalized spacial score (nSPS) is 14.0. The molecule has 6 nitrogen and oxygen atoms in total. The van der Waals surface area contributed by atoms with Crippen molar-refractivity contribution in [1.29, 1.82) is 0 Å². The van der Waals surface area contributed by atoms with Gasteiger partial charge in [0.2, 0.25) is 0 Å². The first-order valence-electron chi connectivity index (χ1n) is 16.6. The Balaban J connectivity index is 1.08. The molecule has 1 aliphatic rings. The molecule has 1 aliphatic heterocycles. The number of alkyl halides is 3. The Morgan fingerprint density at radius 2 is 1.48 bits per heavy atom. The summed E-state index contributed by atoms with van der Waals surface area (Å²) in [6.07, 6.45) is -0.161. The Kier molecular flexibility index (Phi) is 11.8. The first-order chi connectivity index (χ1) is 24.3. The van der Waals surface area contributed by atoms with Crippen LogP contribution in [0.2, 0.25) is 0 Å². The van der Waals surface area contributed by atoms with E-state index in [2.05, 4.69) is 29.2 Å². The lowest BCUT2D eigenvalue weighted by atomic mass is 10.1. The minimum atomic E-state index is -4.43. The van der Waals surface area contributed by atoms with Crippen LogP contribution in [0.1, 0.15) is 43.3 Å². The van der Waals surface area contributed by atoms with Gasteiger partial charge in [0.1, 0.15) is 23.1 Å². The van der Waals surface area contributed by atoms with E-state index in [0.29, 0.717) is 44.0 Å². The van der Waals surface area contributed by atoms with Crippen LogP contribution in [0.3, 0.4) is 0 Å². The molecule has 1 aromatic heterocycles. The zero-order valence-electron chi connectivity index (χ0n) is 27.6. The Morgan fingerprint density at radius 3 is 2.20 bits per heavy atom. The van der Waals surface area contributed by atoms with Crippen LogP contribution in [0.4, 0.5) is 13.2 Å². The maximum absolute atomic E-state index is 13.5. The summed E-state index contributed by atoms with van der Waals surface area (Å²) in [5.74, 6) is 0.636. The van der Waals surface area contributed by atoms with Crippen molar-refractivity contribution in [3.63, 3.8) is 0 Å². The molecule has 258 valence electrons. The largest absolute Gasteiger partial charge is 0.489 e. The number of thiazole rings is 1. The standard InChI is InChI=1S/C40H39F3N4O2S/c41-40(42,43)35-15-7-13-34(25-35)27-46(26-32-16-18-36(19-17-32)49-29-33-11-5-2-6-12-33)28-38-44-37(30-50-38)39(48)47-23-21-45(22-24-47)20-8-14-31-9-3-1-4-10-31/h1-19,25,30H,20-24,26-29H2. The van der Waals surface area contributed by atoms with Crippen molar-refractivity contribution in [1.82, 2.24) is 19.7 Å². The van der Waals surface area contributed by atoms with E-state index in [-0.39, 0.29) is 12.5 Å². The molecule has 0 radical (unpaired) electrons. The fraction of sp³-hybridized carbons (Fsp3) is 0.250. The minimum absolute atomic E-state index is 0.0949. The molecule has 0 atom stereocenters. The predicted octanol–water partition coefficient (Wildman–Crippen LogP) is 8.41. The molecule has 2 heterocycles. The lowest BCUT2D eigenvalue weighted by molar-refractivity contribution is -0.137. The summed E-state index contributed by atoms with van der Waals surface area (Å²) < 4.78 is 46.4. The highest BCUT2D eigenvalue weighted by atomic mass is 32.1. The van der Waals surface area contributed by atoms with Crippen LogP contribution in [-0.2, 0) is 32.4 Å². The molecule has 6 rings (SSSR count). The van der Waals surface area contributed by atoms with Gasteiger partial charge in [0, 0.05) is 51.2 Å². The highest BCUT2D eigenvalue weighted by Crippen LogP contribution is 2.30. The molecule has 50 heavy (non-hydrogen) atoms. The van der Waals surface area contributed by atoms with E-state index < -0.39 is 11.7 Å². The molecule has 0 bridgehead atoms. The van der Waals surface area contributed by atoms with Gasteiger partial charge in [-0.25, -0.2) is 4.98 Å². The third-order valence-corrected chi connectivity index (χ3v) is 9.33. The summed E-state index contributed by atoms with van der Waals surface area (Å²) in [7, 11) is 0. The summed E-state index contributed by atoms with van der Waals surface area (Å²) in [5.41, 5.74) is 3.49. The Bertz CT molecular complexity index is 1840. The highest BCUT2D eigenvalue weighted by molar-refractivity contribution is 7.09. The maximum atomic E-state index is 13.5. The fourth-order valence-corrected chi connectivity index (χ4v) is 6.64. The molecule has 1 saturated heterocycles. The van der Waals surface area contributed by atoms with Gasteiger partial charge in [0.15, 0.2) is 0 Å². The zero-order chi connectivity index (χ0) is 34.8. The second-order valence-electron chi connectivity index (χ2n) is 12.3. The number of aromatic nitrogens is 1. The summed E-state index contributed by atoms with van der Waals surface area (Å²) in [4.78, 5) is 24.3. The van der Waals surface area contributed by atoms with Gasteiger partial charge in [-0.1, -0.05) is 103 Å². The second-order valence-corrected chi connectivity index (χ2v) is 13.2. The van der Waals surface area contributed by atoms with E-state index in [1.807, 2.05) is 82.6 Å². The van der Waals surface area contributed by atoms with Crippen LogP contribution >= 0.6 is 11.3 Å². The topological polar surface area (TPSA) is 48.9 Å². The first kappa shape index (κ1) is 35.1. The third kappa shape index (κ3) is 10.1. The molecular weight excluding hydrogens is 658 g/mol. The maximum Gasteiger partial charge on any atom is 0.416 e. The number of carbonyl (C=O) groups excluding carboxylic acids is 1. The number of piperazine rings is 1. The average Bonchev–Trinajstić information content (AvgIpc) is 3.60. The number of hydrogen-bond acceptors (Lipinski definition) is 6. The number of amides is 1. The van der Waals surface area contributed by atoms with E-state index >= 15 is 0 Å². The molecule has 0 N–H and O–H groups in total. The van der Waals surface area contributed by atoms with E-state index in [9.17, 15) is 18.0 Å². The summed E-state index contributed by atoms with van der Waals surface area (Å²) in [5, 5.41) is 2.52. The van der Waals surface area contributed by atoms with Crippen molar-refractivity contribution in [3.8, 4) is 5.75 Å². The van der Waals surface area contributed by atoms with Crippen LogP contribution in [0.15, 0.2) is 121 Å². The van der Waals surface area contributed by atoms with Gasteiger partial charge in [0.25, 0.3) is 5.91 Å². The Morgan fingerprint density at radius 1 is 0.800 bits per heavy atom. The molecule has 0 aliphatic carbocycles. The van der Waals surface area contributed by atoms with Crippen LogP contribution in [-0.4, -0.2) is 58.3 Å². The molecule has 1 amide bonds. The van der Waals surface area contributed by atoms with Gasteiger partial charge in [-0.2, -0.15) is 13.2 Å². The first-order valence-corrected chi connectivity index (χ1v) is 17.5. The van der Waals surface area contributed by atoms with Gasteiger partial charge in [-0.3, -0.25) is 14.6 Å². The number of ether oxygens (including phenoxy) is 1. The van der Waals surface area contributed by atoms with Gasteiger partial charge in [-0.05, 0) is 40.5 Å². The molecule has 1 fully saturated rings. The Hall–Kier alpha value is -4.77. The lowest BCUT2D eigenvalue weighted by Crippen LogP contribution is -2.48. The number of rotatable bonds is 13. The van der Waals surface area contributed by atoms with Crippen molar-refractivity contribution >= 4 is 23.3 Å². The van der Waals surface area contributed by atoms with Crippen LogP contribution < -0.4 is 4.74 Å². The monoisotopic (exact) mass is 696 g/mol. The fourth-order valence-electron chi connectivity index (χ4n) is 5.83. The molecule has 0 unspecified atom stereocenters. The quantitative estimate of drug-likeness (QED) is 0.124. The van der Waals surface area contributed by atoms with Crippen molar-refractivity contribution in [2.75, 3.05) is 32.7 Å². The van der Waals surface area contributed by atoms with Crippen LogP contribution in [0, 0.1) is 0 Å². The molecular formula is C40H39F3N4O2S. The van der Waals surface area contributed by atoms with E-state index in [1.54, 1.807) is 11.4 Å². The van der Waals surface area contributed by atoms with Crippen molar-refractivity contribution in [2.45, 2.75) is 32.4 Å². The Labute approximate surface area is 295 Å². The number of hydrogen-bond donors (Lipinski definition) is 0. The summed E-state index contributed by atoms with van der Waals surface area (Å²) in [6, 6.07) is 33.2. The number of halogens is 3. The summed E-state index contributed by atoms with van der Waals surface area (Å²) in [6.45, 7) is 5.21.